The van der Waals surface area contributed by atoms with Crippen LogP contribution in [0.15, 0.2) is 30.3 Å². The van der Waals surface area contributed by atoms with Gasteiger partial charge in [-0.25, -0.2) is 0 Å². The van der Waals surface area contributed by atoms with Crippen LogP contribution in [0.2, 0.25) is 0 Å². The second kappa shape index (κ2) is 6.68. The third-order valence-corrected chi connectivity index (χ3v) is 4.78. The summed E-state index contributed by atoms with van der Waals surface area (Å²) in [4.78, 5) is 14.4. The molecule has 26 heavy (non-hydrogen) atoms. The summed E-state index contributed by atoms with van der Waals surface area (Å²) >= 11 is 0. The number of aromatic nitrogens is 2. The first-order valence-corrected chi connectivity index (χ1v) is 8.60. The standard InChI is InChI=1S/C18H19F2N3O3/c19-18(20)26-14-3-1-2-12(8-14)17(25)22-6-7-23-13(10-22)9-15(21-23)16(24)11-4-5-11/h1-3,8-9,11,16,18,24H,4-7,10H2. The summed E-state index contributed by atoms with van der Waals surface area (Å²) in [5.74, 6) is 0.00598. The maximum atomic E-state index is 12.7. The van der Waals surface area contributed by atoms with Gasteiger partial charge in [-0.05, 0) is 43.0 Å². The van der Waals surface area contributed by atoms with E-state index in [-0.39, 0.29) is 11.7 Å². The van der Waals surface area contributed by atoms with Gasteiger partial charge in [0.1, 0.15) is 11.9 Å². The van der Waals surface area contributed by atoms with E-state index in [9.17, 15) is 18.7 Å². The summed E-state index contributed by atoms with van der Waals surface area (Å²) in [6.45, 7) is -1.57. The van der Waals surface area contributed by atoms with Crippen LogP contribution in [0.1, 0.15) is 40.7 Å². The topological polar surface area (TPSA) is 67.6 Å². The normalized spacial score (nSPS) is 17.9. The van der Waals surface area contributed by atoms with Crippen molar-refractivity contribution >= 4 is 5.91 Å². The second-order valence-electron chi connectivity index (χ2n) is 6.70. The molecule has 1 aliphatic carbocycles. The summed E-state index contributed by atoms with van der Waals surface area (Å²) in [7, 11) is 0. The molecule has 1 atom stereocenters. The van der Waals surface area contributed by atoms with Gasteiger partial charge in [-0.1, -0.05) is 6.07 Å². The molecule has 1 aromatic heterocycles. The zero-order valence-corrected chi connectivity index (χ0v) is 14.0. The Kier molecular flexibility index (Phi) is 4.36. The van der Waals surface area contributed by atoms with Crippen LogP contribution in [-0.2, 0) is 13.1 Å². The fourth-order valence-corrected chi connectivity index (χ4v) is 3.25. The second-order valence-corrected chi connectivity index (χ2v) is 6.70. The van der Waals surface area contributed by atoms with Gasteiger partial charge in [0.2, 0.25) is 0 Å². The van der Waals surface area contributed by atoms with E-state index in [0.29, 0.717) is 36.8 Å². The van der Waals surface area contributed by atoms with Gasteiger partial charge < -0.3 is 14.7 Å². The molecule has 1 aromatic carbocycles. The molecule has 1 N–H and O–H groups in total. The fourth-order valence-electron chi connectivity index (χ4n) is 3.25. The van der Waals surface area contributed by atoms with E-state index >= 15 is 0 Å². The maximum Gasteiger partial charge on any atom is 0.387 e. The Bertz CT molecular complexity index is 820. The predicted molar refractivity (Wildman–Crippen MR) is 87.7 cm³/mol. The number of amides is 1. The number of halogens is 2. The van der Waals surface area contributed by atoms with E-state index in [0.717, 1.165) is 18.5 Å². The van der Waals surface area contributed by atoms with Crippen molar-refractivity contribution < 1.29 is 23.4 Å². The van der Waals surface area contributed by atoms with Crippen LogP contribution in [-0.4, -0.2) is 38.9 Å². The van der Waals surface area contributed by atoms with E-state index in [4.69, 9.17) is 0 Å². The average molecular weight is 363 g/mol. The lowest BCUT2D eigenvalue weighted by atomic mass is 10.1. The average Bonchev–Trinajstić information content (AvgIpc) is 3.38. The highest BCUT2D eigenvalue weighted by Gasteiger charge is 2.33. The Morgan fingerprint density at radius 2 is 2.08 bits per heavy atom. The van der Waals surface area contributed by atoms with E-state index < -0.39 is 12.7 Å². The van der Waals surface area contributed by atoms with E-state index in [1.807, 2.05) is 10.7 Å². The number of benzene rings is 1. The quantitative estimate of drug-likeness (QED) is 0.887. The molecule has 2 aromatic rings. The number of ether oxygens (including phenoxy) is 1. The first-order valence-electron chi connectivity index (χ1n) is 8.60. The van der Waals surface area contributed by atoms with Gasteiger partial charge in [0.25, 0.3) is 5.91 Å². The third-order valence-electron chi connectivity index (χ3n) is 4.78. The molecule has 2 heterocycles. The van der Waals surface area contributed by atoms with Crippen LogP contribution in [0.4, 0.5) is 8.78 Å². The van der Waals surface area contributed by atoms with Gasteiger partial charge >= 0.3 is 6.61 Å². The van der Waals surface area contributed by atoms with Gasteiger partial charge in [-0.2, -0.15) is 13.9 Å². The molecule has 8 heteroatoms. The molecular weight excluding hydrogens is 344 g/mol. The molecule has 1 unspecified atom stereocenters. The van der Waals surface area contributed by atoms with Crippen molar-refractivity contribution in [3.63, 3.8) is 0 Å². The lowest BCUT2D eigenvalue weighted by Crippen LogP contribution is -2.38. The molecule has 138 valence electrons. The van der Waals surface area contributed by atoms with Gasteiger partial charge in [0.15, 0.2) is 0 Å². The predicted octanol–water partition coefficient (Wildman–Crippen LogP) is 2.58. The van der Waals surface area contributed by atoms with Gasteiger partial charge in [0, 0.05) is 12.1 Å². The van der Waals surface area contributed by atoms with Gasteiger partial charge in [0.05, 0.1) is 24.5 Å². The molecule has 1 aliphatic heterocycles. The van der Waals surface area contributed by atoms with Crippen molar-refractivity contribution in [1.82, 2.24) is 14.7 Å². The fraction of sp³-hybridized carbons (Fsp3) is 0.444. The summed E-state index contributed by atoms with van der Waals surface area (Å²) in [5.41, 5.74) is 1.82. The van der Waals surface area contributed by atoms with Crippen LogP contribution in [0.3, 0.4) is 0 Å². The first-order chi connectivity index (χ1) is 12.5. The molecule has 1 fully saturated rings. The summed E-state index contributed by atoms with van der Waals surface area (Å²) in [6, 6.07) is 7.65. The minimum absolute atomic E-state index is 0.0391. The molecule has 0 bridgehead atoms. The number of hydrogen-bond donors (Lipinski definition) is 1. The van der Waals surface area contributed by atoms with E-state index in [1.165, 1.54) is 18.2 Å². The Labute approximate surface area is 149 Å². The number of hydrogen-bond acceptors (Lipinski definition) is 4. The molecule has 1 amide bonds. The van der Waals surface area contributed by atoms with Gasteiger partial charge in [-0.3, -0.25) is 9.48 Å². The molecule has 0 saturated heterocycles. The Morgan fingerprint density at radius 1 is 1.27 bits per heavy atom. The van der Waals surface area contributed by atoms with Crippen LogP contribution in [0, 0.1) is 5.92 Å². The molecule has 0 spiro atoms. The minimum Gasteiger partial charge on any atom is -0.435 e. The molecule has 2 aliphatic rings. The van der Waals surface area contributed by atoms with Crippen LogP contribution < -0.4 is 4.74 Å². The van der Waals surface area contributed by atoms with Crippen molar-refractivity contribution in [3.8, 4) is 5.75 Å². The van der Waals surface area contributed by atoms with Crippen molar-refractivity contribution in [2.75, 3.05) is 6.54 Å². The zero-order chi connectivity index (χ0) is 18.3. The molecule has 0 radical (unpaired) electrons. The van der Waals surface area contributed by atoms with Gasteiger partial charge in [-0.15, -0.1) is 0 Å². The number of carbonyl (C=O) groups excluding carboxylic acids is 1. The number of fused-ring (bicyclic) bond motifs is 1. The molecular formula is C18H19F2N3O3. The monoisotopic (exact) mass is 363 g/mol. The Balaban J connectivity index is 1.48. The van der Waals surface area contributed by atoms with Crippen LogP contribution >= 0.6 is 0 Å². The number of rotatable bonds is 5. The SMILES string of the molecule is O=C(c1cccc(OC(F)F)c1)N1CCn2nc(C(O)C3CC3)cc2C1. The summed E-state index contributed by atoms with van der Waals surface area (Å²) in [6.07, 6.45) is 1.50. The van der Waals surface area contributed by atoms with Crippen LogP contribution in [0.5, 0.6) is 5.75 Å². The van der Waals surface area contributed by atoms with Crippen molar-refractivity contribution in [2.45, 2.75) is 38.6 Å². The highest BCUT2D eigenvalue weighted by atomic mass is 19.3. The number of aliphatic hydroxyl groups excluding tert-OH is 1. The van der Waals surface area contributed by atoms with Crippen molar-refractivity contribution in [3.05, 3.63) is 47.3 Å². The number of nitrogens with zero attached hydrogens (tertiary/aromatic N) is 3. The highest BCUT2D eigenvalue weighted by Crippen LogP contribution is 2.40. The number of carbonyl (C=O) groups is 1. The minimum atomic E-state index is -2.93. The zero-order valence-electron chi connectivity index (χ0n) is 14.0. The first kappa shape index (κ1) is 17.0. The maximum absolute atomic E-state index is 12.7. The van der Waals surface area contributed by atoms with Crippen molar-refractivity contribution in [1.29, 1.82) is 0 Å². The Hall–Kier alpha value is -2.48. The third kappa shape index (κ3) is 3.41. The largest absolute Gasteiger partial charge is 0.435 e. The van der Waals surface area contributed by atoms with Crippen molar-refractivity contribution in [2.24, 2.45) is 5.92 Å². The highest BCUT2D eigenvalue weighted by molar-refractivity contribution is 5.94. The smallest absolute Gasteiger partial charge is 0.387 e. The number of aliphatic hydroxyl groups is 1. The molecule has 6 nitrogen and oxygen atoms in total. The lowest BCUT2D eigenvalue weighted by Gasteiger charge is -2.27. The summed E-state index contributed by atoms with van der Waals surface area (Å²) in [5, 5.41) is 14.7. The van der Waals surface area contributed by atoms with E-state index in [1.54, 1.807) is 11.0 Å². The Morgan fingerprint density at radius 3 is 2.81 bits per heavy atom. The molecule has 1 saturated carbocycles. The van der Waals surface area contributed by atoms with Crippen LogP contribution in [0.25, 0.3) is 0 Å². The molecule has 4 rings (SSSR count). The lowest BCUT2D eigenvalue weighted by molar-refractivity contribution is -0.0499. The van der Waals surface area contributed by atoms with E-state index in [2.05, 4.69) is 9.84 Å². The number of alkyl halides is 2. The summed E-state index contributed by atoms with van der Waals surface area (Å²) < 4.78 is 30.9.